The van der Waals surface area contributed by atoms with Crippen LogP contribution in [0.15, 0.2) is 0 Å². The first-order valence-corrected chi connectivity index (χ1v) is 16.4. The van der Waals surface area contributed by atoms with Gasteiger partial charge >= 0.3 is 0 Å². The monoisotopic (exact) mass is 562 g/mol. The van der Waals surface area contributed by atoms with Gasteiger partial charge in [0.15, 0.2) is 0 Å². The number of nitrogens with zero attached hydrogens (tertiary/aromatic N) is 2. The lowest BCUT2D eigenvalue weighted by Crippen LogP contribution is -2.39. The van der Waals surface area contributed by atoms with E-state index in [1.165, 1.54) is 101 Å². The molecule has 1 unspecified atom stereocenters. The largest absolute Gasteiger partial charge is 0.726 e. The second kappa shape index (κ2) is 21.8. The summed E-state index contributed by atoms with van der Waals surface area (Å²) in [6, 6.07) is 0. The second-order valence-corrected chi connectivity index (χ2v) is 13.0. The van der Waals surface area contributed by atoms with Gasteiger partial charge in [0.25, 0.3) is 0 Å². The summed E-state index contributed by atoms with van der Waals surface area (Å²) in [5.41, 5.74) is 0. The topological polar surface area (TPSA) is 104 Å². The minimum Gasteiger partial charge on any atom is -0.726 e. The van der Waals surface area contributed by atoms with E-state index >= 15 is 0 Å². The normalized spacial score (nSPS) is 16.2. The van der Waals surface area contributed by atoms with Crippen molar-refractivity contribution in [2.24, 2.45) is 5.92 Å². The lowest BCUT2D eigenvalue weighted by atomic mass is 9.98. The minimum absolute atomic E-state index is 0.0433. The van der Waals surface area contributed by atoms with E-state index in [-0.39, 0.29) is 17.7 Å². The Labute approximate surface area is 234 Å². The van der Waals surface area contributed by atoms with Crippen LogP contribution in [0.4, 0.5) is 0 Å². The molecule has 1 rings (SSSR count). The summed E-state index contributed by atoms with van der Waals surface area (Å²) in [6.45, 7) is 3.87. The summed E-state index contributed by atoms with van der Waals surface area (Å²) in [5, 5.41) is 0. The standard InChI is InChI=1S/C28H55N2O2.CH4O4S/c1-5-6-7-8-9-10-11-12-13-14-15-16-17-18-19-20-22-26-25-27(31)29(28(26)32)23-21-24-30(2,3)4;1-5-6(2,3)4/h26H,5-25H2,1-4H3;1H3,(H,2,3,4)/q+1;/p-1. The van der Waals surface area contributed by atoms with Crippen molar-refractivity contribution in [3.63, 3.8) is 0 Å². The molecule has 2 amide bonds. The van der Waals surface area contributed by atoms with Crippen LogP contribution in [-0.4, -0.2) is 75.5 Å². The van der Waals surface area contributed by atoms with Crippen molar-refractivity contribution < 1.29 is 31.2 Å². The summed E-state index contributed by atoms with van der Waals surface area (Å²) < 4.78 is 31.9. The van der Waals surface area contributed by atoms with Crippen LogP contribution < -0.4 is 0 Å². The van der Waals surface area contributed by atoms with Crippen molar-refractivity contribution in [3.8, 4) is 0 Å². The molecule has 1 atom stereocenters. The number of carbonyl (C=O) groups excluding carboxylic acids is 2. The number of carbonyl (C=O) groups is 2. The Morgan fingerprint density at radius 1 is 0.789 bits per heavy atom. The summed E-state index contributed by atoms with van der Waals surface area (Å²) >= 11 is 0. The quantitative estimate of drug-likeness (QED) is 0.0511. The van der Waals surface area contributed by atoms with Crippen molar-refractivity contribution >= 4 is 22.2 Å². The zero-order valence-electron chi connectivity index (χ0n) is 25.2. The van der Waals surface area contributed by atoms with Gasteiger partial charge in [-0.15, -0.1) is 0 Å². The SMILES string of the molecule is CCCCCCCCCCCCCCCCCCC1CC(=O)N(CCC[N+](C)(C)C)C1=O.COS(=O)(=O)[O-]. The molecule has 9 heteroatoms. The molecule has 0 aromatic rings. The molecule has 1 saturated heterocycles. The van der Waals surface area contributed by atoms with Gasteiger partial charge in [-0.25, -0.2) is 8.42 Å². The highest BCUT2D eigenvalue weighted by Gasteiger charge is 2.37. The Bertz CT molecular complexity index is 721. The van der Waals surface area contributed by atoms with Crippen LogP contribution in [0.3, 0.4) is 0 Å². The number of imide groups is 1. The molecule has 0 spiro atoms. The van der Waals surface area contributed by atoms with E-state index in [0.717, 1.165) is 37.4 Å². The second-order valence-electron chi connectivity index (χ2n) is 11.8. The Balaban J connectivity index is 0.00000203. The van der Waals surface area contributed by atoms with E-state index in [1.807, 2.05) is 0 Å². The van der Waals surface area contributed by atoms with E-state index in [0.29, 0.717) is 13.0 Å². The van der Waals surface area contributed by atoms with Crippen LogP contribution in [-0.2, 0) is 24.2 Å². The van der Waals surface area contributed by atoms with Crippen molar-refractivity contribution in [3.05, 3.63) is 0 Å². The van der Waals surface area contributed by atoms with E-state index < -0.39 is 10.4 Å². The van der Waals surface area contributed by atoms with Crippen LogP contribution >= 0.6 is 0 Å². The molecular weight excluding hydrogens is 504 g/mol. The van der Waals surface area contributed by atoms with Crippen molar-refractivity contribution in [2.75, 3.05) is 41.3 Å². The molecule has 38 heavy (non-hydrogen) atoms. The summed E-state index contributed by atoms with van der Waals surface area (Å²) in [4.78, 5) is 26.3. The molecule has 1 heterocycles. The lowest BCUT2D eigenvalue weighted by molar-refractivity contribution is -0.870. The Hall–Kier alpha value is -1.03. The molecule has 1 fully saturated rings. The number of unbranched alkanes of at least 4 members (excludes halogenated alkanes) is 15. The maximum absolute atomic E-state index is 12.6. The lowest BCUT2D eigenvalue weighted by Gasteiger charge is -2.25. The number of amides is 2. The molecule has 0 bridgehead atoms. The maximum Gasteiger partial charge on any atom is 0.232 e. The number of rotatable bonds is 22. The first-order chi connectivity index (χ1) is 17.9. The fourth-order valence-electron chi connectivity index (χ4n) is 4.85. The van der Waals surface area contributed by atoms with Gasteiger partial charge in [-0.1, -0.05) is 110 Å². The molecular formula is C29H58N2O6S. The third kappa shape index (κ3) is 21.9. The number of hydrogen-bond donors (Lipinski definition) is 0. The van der Waals surface area contributed by atoms with Crippen LogP contribution in [0.2, 0.25) is 0 Å². The van der Waals surface area contributed by atoms with Gasteiger partial charge < -0.3 is 9.04 Å². The zero-order chi connectivity index (χ0) is 28.9. The number of likely N-dealkylation sites (tertiary alicyclic amines) is 1. The first kappa shape index (κ1) is 37.0. The van der Waals surface area contributed by atoms with Crippen LogP contribution in [0.1, 0.15) is 129 Å². The zero-order valence-corrected chi connectivity index (χ0v) is 26.0. The van der Waals surface area contributed by atoms with Gasteiger partial charge in [0.1, 0.15) is 0 Å². The molecule has 0 radical (unpaired) electrons. The van der Waals surface area contributed by atoms with E-state index in [4.69, 9.17) is 0 Å². The van der Waals surface area contributed by atoms with Crippen LogP contribution in [0.5, 0.6) is 0 Å². The molecule has 0 aromatic heterocycles. The average Bonchev–Trinajstić information content (AvgIpc) is 3.10. The Morgan fingerprint density at radius 2 is 1.18 bits per heavy atom. The number of hydrogen-bond acceptors (Lipinski definition) is 6. The molecule has 8 nitrogen and oxygen atoms in total. The molecule has 0 N–H and O–H groups in total. The van der Waals surface area contributed by atoms with Crippen LogP contribution in [0, 0.1) is 5.92 Å². The van der Waals surface area contributed by atoms with Gasteiger partial charge in [-0.05, 0) is 6.42 Å². The van der Waals surface area contributed by atoms with Gasteiger partial charge in [-0.2, -0.15) is 0 Å². The Morgan fingerprint density at radius 3 is 1.55 bits per heavy atom. The molecule has 1 aliphatic heterocycles. The highest BCUT2D eigenvalue weighted by molar-refractivity contribution is 7.80. The van der Waals surface area contributed by atoms with Crippen LogP contribution in [0.25, 0.3) is 0 Å². The highest BCUT2D eigenvalue weighted by Crippen LogP contribution is 2.25. The van der Waals surface area contributed by atoms with Gasteiger partial charge in [-0.3, -0.25) is 18.7 Å². The van der Waals surface area contributed by atoms with Crippen molar-refractivity contribution in [1.82, 2.24) is 4.90 Å². The van der Waals surface area contributed by atoms with Gasteiger partial charge in [0, 0.05) is 25.3 Å². The Kier molecular flexibility index (Phi) is 21.2. The maximum atomic E-state index is 12.6. The molecule has 0 aliphatic carbocycles. The third-order valence-electron chi connectivity index (χ3n) is 7.16. The fraction of sp³-hybridized carbons (Fsp3) is 0.931. The van der Waals surface area contributed by atoms with Crippen molar-refractivity contribution in [1.29, 1.82) is 0 Å². The summed E-state index contributed by atoms with van der Waals surface area (Å²) in [6.07, 6.45) is 24.1. The van der Waals surface area contributed by atoms with Crippen molar-refractivity contribution in [2.45, 2.75) is 129 Å². The summed E-state index contributed by atoms with van der Waals surface area (Å²) in [7, 11) is 2.84. The van der Waals surface area contributed by atoms with Gasteiger partial charge in [0.2, 0.25) is 22.2 Å². The molecule has 226 valence electrons. The highest BCUT2D eigenvalue weighted by atomic mass is 32.3. The molecule has 1 aliphatic rings. The third-order valence-corrected chi connectivity index (χ3v) is 7.57. The predicted molar refractivity (Wildman–Crippen MR) is 153 cm³/mol. The molecule has 0 aromatic carbocycles. The number of quaternary nitrogens is 1. The minimum atomic E-state index is -4.41. The van der Waals surface area contributed by atoms with E-state index in [1.54, 1.807) is 0 Å². The summed E-state index contributed by atoms with van der Waals surface area (Å²) in [5.74, 6) is 0.105. The smallest absolute Gasteiger partial charge is 0.232 e. The van der Waals surface area contributed by atoms with Gasteiger partial charge in [0.05, 0.1) is 34.8 Å². The van der Waals surface area contributed by atoms with E-state index in [9.17, 15) is 22.6 Å². The predicted octanol–water partition coefficient (Wildman–Crippen LogP) is 6.20. The fourth-order valence-corrected chi connectivity index (χ4v) is 4.85. The first-order valence-electron chi connectivity index (χ1n) is 15.1. The molecule has 0 saturated carbocycles. The average molecular weight is 563 g/mol. The van der Waals surface area contributed by atoms with E-state index in [2.05, 4.69) is 32.2 Å².